The van der Waals surface area contributed by atoms with Crippen molar-refractivity contribution in [1.29, 1.82) is 5.26 Å². The zero-order valence-electron chi connectivity index (χ0n) is 14.9. The molecular formula is C24H16N2O2. The largest absolute Gasteiger partial charge is 0.477 e. The zero-order chi connectivity index (χ0) is 19.5. The third kappa shape index (κ3) is 3.06. The smallest absolute Gasteiger partial charge is 0.346 e. The van der Waals surface area contributed by atoms with Crippen LogP contribution in [0.25, 0.3) is 33.6 Å². The van der Waals surface area contributed by atoms with Crippen molar-refractivity contribution in [1.82, 2.24) is 4.57 Å². The van der Waals surface area contributed by atoms with Crippen LogP contribution in [0.2, 0.25) is 0 Å². The highest BCUT2D eigenvalue weighted by Gasteiger charge is 2.10. The molecule has 0 amide bonds. The fourth-order valence-electron chi connectivity index (χ4n) is 3.35. The number of carbonyl (C=O) groups is 1. The van der Waals surface area contributed by atoms with Crippen LogP contribution in [0, 0.1) is 11.3 Å². The van der Waals surface area contributed by atoms with Crippen LogP contribution in [0.3, 0.4) is 0 Å². The van der Waals surface area contributed by atoms with E-state index in [9.17, 15) is 4.79 Å². The Kier molecular flexibility index (Phi) is 4.49. The normalized spacial score (nSPS) is 11.9. The molecule has 0 atom stereocenters. The number of nitriles is 1. The number of aromatic nitrogens is 1. The highest BCUT2D eigenvalue weighted by atomic mass is 16.4. The Morgan fingerprint density at radius 2 is 1.46 bits per heavy atom. The van der Waals surface area contributed by atoms with Gasteiger partial charge in [0.05, 0.1) is 11.0 Å². The predicted molar refractivity (Wildman–Crippen MR) is 111 cm³/mol. The van der Waals surface area contributed by atoms with E-state index < -0.39 is 5.97 Å². The topological polar surface area (TPSA) is 66.0 Å². The van der Waals surface area contributed by atoms with Crippen LogP contribution in [0.4, 0.5) is 0 Å². The van der Waals surface area contributed by atoms with Crippen molar-refractivity contribution in [2.75, 3.05) is 0 Å². The van der Waals surface area contributed by atoms with Crippen molar-refractivity contribution >= 4 is 33.9 Å². The fraction of sp³-hybridized carbons (Fsp3) is 0. The monoisotopic (exact) mass is 364 g/mol. The summed E-state index contributed by atoms with van der Waals surface area (Å²) in [6.45, 7) is 0. The number of nitrogens with zero attached hydrogens (tertiary/aromatic N) is 2. The van der Waals surface area contributed by atoms with Crippen LogP contribution in [0.5, 0.6) is 0 Å². The molecule has 0 spiro atoms. The summed E-state index contributed by atoms with van der Waals surface area (Å²) in [7, 11) is 0. The Bertz CT molecular complexity index is 1230. The summed E-state index contributed by atoms with van der Waals surface area (Å²) in [5.74, 6) is -1.23. The van der Waals surface area contributed by atoms with E-state index in [0.29, 0.717) is 0 Å². The molecule has 4 nitrogen and oxygen atoms in total. The maximum atomic E-state index is 10.8. The third-order valence-corrected chi connectivity index (χ3v) is 4.63. The average molecular weight is 364 g/mol. The average Bonchev–Trinajstić information content (AvgIpc) is 3.06. The second-order valence-electron chi connectivity index (χ2n) is 6.32. The van der Waals surface area contributed by atoms with Crippen molar-refractivity contribution < 1.29 is 9.90 Å². The summed E-state index contributed by atoms with van der Waals surface area (Å²) in [4.78, 5) is 10.8. The Balaban J connectivity index is 1.74. The summed E-state index contributed by atoms with van der Waals surface area (Å²) >= 11 is 0. The van der Waals surface area contributed by atoms with Gasteiger partial charge >= 0.3 is 5.97 Å². The van der Waals surface area contributed by atoms with Gasteiger partial charge in [0.15, 0.2) is 0 Å². The van der Waals surface area contributed by atoms with Gasteiger partial charge in [0.1, 0.15) is 11.6 Å². The standard InChI is InChI=1S/C24H16N2O2/c25-16-18(24(27)28)7-5-6-17-12-14-19(15-13-17)26-22-10-3-1-8-20(22)21-9-2-4-11-23(21)26/h1-15H,(H,27,28)/b6-5+,18-7+. The minimum atomic E-state index is -1.23. The molecule has 4 aromatic rings. The summed E-state index contributed by atoms with van der Waals surface area (Å²) in [6, 6.07) is 26.3. The first-order chi connectivity index (χ1) is 13.7. The highest BCUT2D eigenvalue weighted by molar-refractivity contribution is 6.09. The van der Waals surface area contributed by atoms with E-state index >= 15 is 0 Å². The third-order valence-electron chi connectivity index (χ3n) is 4.63. The number of hydrogen-bond donors (Lipinski definition) is 1. The lowest BCUT2D eigenvalue weighted by Crippen LogP contribution is -1.96. The van der Waals surface area contributed by atoms with Crippen molar-refractivity contribution in [2.45, 2.75) is 0 Å². The number of aliphatic carboxylic acids is 1. The number of allylic oxidation sites excluding steroid dienone is 2. The lowest BCUT2D eigenvalue weighted by Gasteiger charge is -2.08. The van der Waals surface area contributed by atoms with Gasteiger partial charge in [0.2, 0.25) is 0 Å². The lowest BCUT2D eigenvalue weighted by molar-refractivity contribution is -0.132. The van der Waals surface area contributed by atoms with Gasteiger partial charge in [-0.05, 0) is 35.9 Å². The maximum absolute atomic E-state index is 10.8. The number of rotatable bonds is 4. The van der Waals surface area contributed by atoms with E-state index in [1.807, 2.05) is 48.5 Å². The van der Waals surface area contributed by atoms with E-state index in [0.717, 1.165) is 22.3 Å². The Morgan fingerprint density at radius 1 is 0.893 bits per heavy atom. The molecule has 1 aromatic heterocycles. The minimum Gasteiger partial charge on any atom is -0.477 e. The molecule has 1 heterocycles. The molecule has 28 heavy (non-hydrogen) atoms. The van der Waals surface area contributed by atoms with Gasteiger partial charge in [-0.3, -0.25) is 0 Å². The van der Waals surface area contributed by atoms with Crippen LogP contribution in [0.15, 0.2) is 90.5 Å². The van der Waals surface area contributed by atoms with E-state index in [1.165, 1.54) is 16.8 Å². The van der Waals surface area contributed by atoms with Gasteiger partial charge in [-0.15, -0.1) is 0 Å². The first-order valence-corrected chi connectivity index (χ1v) is 8.79. The van der Waals surface area contributed by atoms with Crippen molar-refractivity contribution in [3.05, 3.63) is 96.1 Å². The molecule has 0 radical (unpaired) electrons. The molecule has 0 saturated carbocycles. The summed E-state index contributed by atoms with van der Waals surface area (Å²) in [5.41, 5.74) is 3.97. The van der Waals surface area contributed by atoms with Crippen molar-refractivity contribution in [3.63, 3.8) is 0 Å². The predicted octanol–water partition coefficient (Wildman–Crippen LogP) is 5.33. The van der Waals surface area contributed by atoms with E-state index in [1.54, 1.807) is 18.2 Å². The quantitative estimate of drug-likeness (QED) is 0.302. The van der Waals surface area contributed by atoms with Crippen LogP contribution in [-0.4, -0.2) is 15.6 Å². The molecule has 0 bridgehead atoms. The van der Waals surface area contributed by atoms with Crippen LogP contribution in [0.1, 0.15) is 5.56 Å². The number of carboxylic acids is 1. The molecule has 3 aromatic carbocycles. The second-order valence-corrected chi connectivity index (χ2v) is 6.32. The van der Waals surface area contributed by atoms with Crippen LogP contribution < -0.4 is 0 Å². The van der Waals surface area contributed by atoms with Gasteiger partial charge in [-0.25, -0.2) is 4.79 Å². The van der Waals surface area contributed by atoms with Crippen LogP contribution >= 0.6 is 0 Å². The van der Waals surface area contributed by atoms with Crippen molar-refractivity contribution in [3.8, 4) is 11.8 Å². The molecular weight excluding hydrogens is 348 g/mol. The lowest BCUT2D eigenvalue weighted by atomic mass is 10.1. The number of hydrogen-bond acceptors (Lipinski definition) is 2. The Hall–Kier alpha value is -4.10. The number of fused-ring (bicyclic) bond motifs is 3. The molecule has 4 rings (SSSR count). The number of carboxylic acid groups (broad SMARTS) is 1. The molecule has 0 aliphatic heterocycles. The number of benzene rings is 3. The minimum absolute atomic E-state index is 0.293. The van der Waals surface area contributed by atoms with Gasteiger partial charge in [0.25, 0.3) is 0 Å². The molecule has 0 saturated heterocycles. The van der Waals surface area contributed by atoms with Gasteiger partial charge < -0.3 is 9.67 Å². The summed E-state index contributed by atoms with van der Waals surface area (Å²) in [5, 5.41) is 20.1. The van der Waals surface area contributed by atoms with Crippen molar-refractivity contribution in [2.24, 2.45) is 0 Å². The summed E-state index contributed by atoms with van der Waals surface area (Å²) in [6.07, 6.45) is 4.64. The van der Waals surface area contributed by atoms with Gasteiger partial charge in [0, 0.05) is 16.5 Å². The molecule has 134 valence electrons. The molecule has 4 heteroatoms. The van der Waals surface area contributed by atoms with E-state index in [4.69, 9.17) is 10.4 Å². The Labute approximate surface area is 161 Å². The molecule has 0 aliphatic carbocycles. The zero-order valence-corrected chi connectivity index (χ0v) is 14.9. The fourth-order valence-corrected chi connectivity index (χ4v) is 3.35. The van der Waals surface area contributed by atoms with Gasteiger partial charge in [-0.1, -0.05) is 60.7 Å². The highest BCUT2D eigenvalue weighted by Crippen LogP contribution is 2.31. The van der Waals surface area contributed by atoms with Gasteiger partial charge in [-0.2, -0.15) is 5.26 Å². The second kappa shape index (κ2) is 7.26. The SMILES string of the molecule is N#C/C(=C\C=C\c1ccc(-n2c3ccccc3c3ccccc32)cc1)C(=O)O. The molecule has 1 N–H and O–H groups in total. The summed E-state index contributed by atoms with van der Waals surface area (Å²) < 4.78 is 2.23. The molecule has 0 unspecified atom stereocenters. The van der Waals surface area contributed by atoms with Crippen LogP contribution in [-0.2, 0) is 4.79 Å². The number of para-hydroxylation sites is 2. The maximum Gasteiger partial charge on any atom is 0.346 e. The molecule has 0 aliphatic rings. The Morgan fingerprint density at radius 3 is 2.00 bits per heavy atom. The van der Waals surface area contributed by atoms with E-state index in [2.05, 4.69) is 28.8 Å². The first-order valence-electron chi connectivity index (χ1n) is 8.79. The first kappa shape index (κ1) is 17.3. The van der Waals surface area contributed by atoms with E-state index in [-0.39, 0.29) is 5.57 Å². The molecule has 0 fully saturated rings.